The van der Waals surface area contributed by atoms with Crippen molar-refractivity contribution in [3.05, 3.63) is 60.4 Å². The fraction of sp³-hybridized carbons (Fsp3) is 0.368. The Morgan fingerprint density at radius 3 is 2.85 bits per heavy atom. The molecular weight excluding hydrogens is 441 g/mol. The van der Waals surface area contributed by atoms with E-state index in [4.69, 9.17) is 9.73 Å². The van der Waals surface area contributed by atoms with Crippen LogP contribution in [0, 0.1) is 0 Å². The van der Waals surface area contributed by atoms with Crippen molar-refractivity contribution in [2.45, 2.75) is 20.0 Å². The first-order valence-corrected chi connectivity index (χ1v) is 8.42. The second-order valence-electron chi connectivity index (χ2n) is 5.76. The first kappa shape index (κ1) is 22.0. The van der Waals surface area contributed by atoms with Crippen LogP contribution in [0.5, 0.6) is 5.75 Å². The maximum atomic E-state index is 5.71. The van der Waals surface area contributed by atoms with Crippen molar-refractivity contribution < 1.29 is 4.74 Å². The predicted molar refractivity (Wildman–Crippen MR) is 117 cm³/mol. The molecular formula is C19H28IN5O. The molecule has 1 N–H and O–H groups in total. The minimum atomic E-state index is 0. The van der Waals surface area contributed by atoms with Crippen molar-refractivity contribution in [3.63, 3.8) is 0 Å². The van der Waals surface area contributed by atoms with E-state index in [1.54, 1.807) is 10.8 Å². The highest BCUT2D eigenvalue weighted by Gasteiger charge is 2.09. The van der Waals surface area contributed by atoms with Gasteiger partial charge in [-0.2, -0.15) is 5.10 Å². The number of benzene rings is 1. The molecule has 1 aromatic carbocycles. The molecule has 1 aromatic heterocycles. The van der Waals surface area contributed by atoms with Crippen molar-refractivity contribution in [2.75, 3.05) is 20.2 Å². The van der Waals surface area contributed by atoms with Gasteiger partial charge in [0.2, 0.25) is 0 Å². The lowest BCUT2D eigenvalue weighted by Gasteiger charge is -2.21. The van der Waals surface area contributed by atoms with E-state index in [1.807, 2.05) is 50.8 Å². The summed E-state index contributed by atoms with van der Waals surface area (Å²) in [6.07, 6.45) is 5.63. The Morgan fingerprint density at radius 1 is 1.42 bits per heavy atom. The maximum absolute atomic E-state index is 5.71. The van der Waals surface area contributed by atoms with Crippen LogP contribution in [0.15, 0.2) is 54.3 Å². The molecule has 0 aliphatic rings. The SMILES string of the molecule is C=CCOc1ccccc1CN=C(NCC)N(C)Cc1cnn(C)c1.I. The lowest BCUT2D eigenvalue weighted by Crippen LogP contribution is -2.38. The molecule has 7 heteroatoms. The molecule has 0 spiro atoms. The van der Waals surface area contributed by atoms with Gasteiger partial charge in [0.25, 0.3) is 0 Å². The Bertz CT molecular complexity index is 713. The van der Waals surface area contributed by atoms with Crippen molar-refractivity contribution in [1.29, 1.82) is 0 Å². The van der Waals surface area contributed by atoms with Crippen LogP contribution < -0.4 is 10.1 Å². The summed E-state index contributed by atoms with van der Waals surface area (Å²) in [5.41, 5.74) is 2.19. The third kappa shape index (κ3) is 6.70. The Balaban J connectivity index is 0.00000338. The molecule has 0 saturated heterocycles. The van der Waals surface area contributed by atoms with E-state index < -0.39 is 0 Å². The summed E-state index contributed by atoms with van der Waals surface area (Å²) in [7, 11) is 3.94. The highest BCUT2D eigenvalue weighted by atomic mass is 127. The van der Waals surface area contributed by atoms with E-state index in [1.165, 1.54) is 0 Å². The molecule has 0 amide bonds. The molecule has 0 radical (unpaired) electrons. The minimum Gasteiger partial charge on any atom is -0.489 e. The van der Waals surface area contributed by atoms with E-state index in [9.17, 15) is 0 Å². The van der Waals surface area contributed by atoms with E-state index in [0.29, 0.717) is 13.2 Å². The fourth-order valence-electron chi connectivity index (χ4n) is 2.46. The number of halogens is 1. The first-order chi connectivity index (χ1) is 12.1. The quantitative estimate of drug-likeness (QED) is 0.279. The van der Waals surface area contributed by atoms with Crippen LogP contribution in [-0.2, 0) is 20.1 Å². The Morgan fingerprint density at radius 2 is 2.19 bits per heavy atom. The van der Waals surface area contributed by atoms with Crippen LogP contribution in [0.25, 0.3) is 0 Å². The minimum absolute atomic E-state index is 0. The van der Waals surface area contributed by atoms with Crippen molar-refractivity contribution in [2.24, 2.45) is 12.0 Å². The summed E-state index contributed by atoms with van der Waals surface area (Å²) in [4.78, 5) is 6.84. The van der Waals surface area contributed by atoms with E-state index in [2.05, 4.69) is 28.8 Å². The second kappa shape index (κ2) is 11.6. The standard InChI is InChI=1S/C19H27N5O.HI/c1-5-11-25-18-10-8-7-9-17(18)13-21-19(20-6-2)23(3)14-16-12-22-24(4)15-16;/h5,7-10,12,15H,1,6,11,13-14H2,2-4H3,(H,20,21);1H. The molecule has 0 atom stereocenters. The van der Waals surface area contributed by atoms with Crippen molar-refractivity contribution in [1.82, 2.24) is 20.0 Å². The molecule has 6 nitrogen and oxygen atoms in total. The van der Waals surface area contributed by atoms with Crippen LogP contribution >= 0.6 is 24.0 Å². The topological polar surface area (TPSA) is 54.7 Å². The molecule has 2 aromatic rings. The van der Waals surface area contributed by atoms with Crippen LogP contribution in [0.1, 0.15) is 18.1 Å². The Hall–Kier alpha value is -2.03. The van der Waals surface area contributed by atoms with Gasteiger partial charge in [0.1, 0.15) is 12.4 Å². The second-order valence-corrected chi connectivity index (χ2v) is 5.76. The predicted octanol–water partition coefficient (Wildman–Crippen LogP) is 3.20. The summed E-state index contributed by atoms with van der Waals surface area (Å²) >= 11 is 0. The van der Waals surface area contributed by atoms with Crippen LogP contribution in [0.3, 0.4) is 0 Å². The van der Waals surface area contributed by atoms with E-state index in [-0.39, 0.29) is 24.0 Å². The Kier molecular flexibility index (Phi) is 9.79. The molecule has 0 bridgehead atoms. The van der Waals surface area contributed by atoms with Crippen molar-refractivity contribution in [3.8, 4) is 5.75 Å². The van der Waals surface area contributed by atoms with Crippen LogP contribution in [-0.4, -0.2) is 40.8 Å². The number of guanidine groups is 1. The molecule has 2 rings (SSSR count). The summed E-state index contributed by atoms with van der Waals surface area (Å²) < 4.78 is 7.51. The zero-order valence-electron chi connectivity index (χ0n) is 15.7. The zero-order chi connectivity index (χ0) is 18.1. The van der Waals surface area contributed by atoms with Gasteiger partial charge in [0.05, 0.1) is 12.7 Å². The van der Waals surface area contributed by atoms with Gasteiger partial charge in [-0.05, 0) is 13.0 Å². The molecule has 142 valence electrons. The lowest BCUT2D eigenvalue weighted by atomic mass is 10.2. The molecule has 0 fully saturated rings. The number of aromatic nitrogens is 2. The molecule has 1 heterocycles. The number of hydrogen-bond donors (Lipinski definition) is 1. The van der Waals surface area contributed by atoms with Gasteiger partial charge in [-0.1, -0.05) is 30.9 Å². The summed E-state index contributed by atoms with van der Waals surface area (Å²) in [5.74, 6) is 1.70. The number of nitrogens with one attached hydrogen (secondary N) is 1. The van der Waals surface area contributed by atoms with Gasteiger partial charge < -0.3 is 15.0 Å². The molecule has 0 aliphatic heterocycles. The average Bonchev–Trinajstić information content (AvgIpc) is 3.02. The number of nitrogens with zero attached hydrogens (tertiary/aromatic N) is 4. The van der Waals surface area contributed by atoms with Gasteiger partial charge in [-0.15, -0.1) is 24.0 Å². The van der Waals surface area contributed by atoms with Gasteiger partial charge in [0.15, 0.2) is 5.96 Å². The van der Waals surface area contributed by atoms with E-state index >= 15 is 0 Å². The fourth-order valence-corrected chi connectivity index (χ4v) is 2.46. The molecule has 0 aliphatic carbocycles. The molecule has 26 heavy (non-hydrogen) atoms. The number of aryl methyl sites for hydroxylation is 1. The average molecular weight is 469 g/mol. The third-order valence-electron chi connectivity index (χ3n) is 3.60. The van der Waals surface area contributed by atoms with Crippen LogP contribution in [0.4, 0.5) is 0 Å². The largest absolute Gasteiger partial charge is 0.489 e. The number of hydrogen-bond acceptors (Lipinski definition) is 3. The number of ether oxygens (including phenoxy) is 1. The highest BCUT2D eigenvalue weighted by molar-refractivity contribution is 14.0. The summed E-state index contributed by atoms with van der Waals surface area (Å²) in [6.45, 7) is 8.35. The van der Waals surface area contributed by atoms with E-state index in [0.717, 1.165) is 35.9 Å². The molecule has 0 unspecified atom stereocenters. The van der Waals surface area contributed by atoms with Gasteiger partial charge in [0, 0.05) is 44.5 Å². The van der Waals surface area contributed by atoms with Gasteiger partial charge in [-0.3, -0.25) is 4.68 Å². The van der Waals surface area contributed by atoms with Crippen LogP contribution in [0.2, 0.25) is 0 Å². The molecule has 0 saturated carbocycles. The van der Waals surface area contributed by atoms with Gasteiger partial charge >= 0.3 is 0 Å². The summed E-state index contributed by atoms with van der Waals surface area (Å²) in [5, 5.41) is 7.55. The zero-order valence-corrected chi connectivity index (χ0v) is 18.0. The number of para-hydroxylation sites is 1. The lowest BCUT2D eigenvalue weighted by molar-refractivity contribution is 0.359. The monoisotopic (exact) mass is 469 g/mol. The first-order valence-electron chi connectivity index (χ1n) is 8.42. The number of rotatable bonds is 8. The Labute approximate surface area is 173 Å². The van der Waals surface area contributed by atoms with Gasteiger partial charge in [-0.25, -0.2) is 4.99 Å². The summed E-state index contributed by atoms with van der Waals surface area (Å²) in [6, 6.07) is 7.95. The maximum Gasteiger partial charge on any atom is 0.194 e. The smallest absolute Gasteiger partial charge is 0.194 e. The third-order valence-corrected chi connectivity index (χ3v) is 3.60. The van der Waals surface area contributed by atoms with Crippen molar-refractivity contribution >= 4 is 29.9 Å². The number of aliphatic imine (C=N–C) groups is 1. The highest BCUT2D eigenvalue weighted by Crippen LogP contribution is 2.19. The normalized spacial score (nSPS) is 10.8.